The van der Waals surface area contributed by atoms with Crippen molar-refractivity contribution in [1.29, 1.82) is 0 Å². The van der Waals surface area contributed by atoms with Gasteiger partial charge in [-0.05, 0) is 35.3 Å². The number of nitrogen functional groups attached to an aromatic ring is 2. The molecule has 0 radical (unpaired) electrons. The fraction of sp³-hybridized carbons (Fsp3) is 0. The van der Waals surface area contributed by atoms with E-state index in [1.165, 1.54) is 12.1 Å². The first-order valence-corrected chi connectivity index (χ1v) is 3.88. The molecule has 2 aromatic carbocycles. The van der Waals surface area contributed by atoms with Gasteiger partial charge >= 0.3 is 0 Å². The highest BCUT2D eigenvalue weighted by Crippen LogP contribution is 2.21. The first kappa shape index (κ1) is 3.02. The van der Waals surface area contributed by atoms with Crippen LogP contribution in [0.15, 0.2) is 48.4 Å². The average Bonchev–Trinajstić information content (AvgIpc) is 2.49. The number of rotatable bonds is 3. The summed E-state index contributed by atoms with van der Waals surface area (Å²) < 4.78 is 68.8. The van der Waals surface area contributed by atoms with Crippen molar-refractivity contribution < 1.29 is 12.5 Å². The third-order valence-corrected chi connectivity index (χ3v) is 1.63. The van der Waals surface area contributed by atoms with Crippen molar-refractivity contribution in [2.24, 2.45) is 0 Å². The van der Waals surface area contributed by atoms with Gasteiger partial charge in [-0.1, -0.05) is 24.2 Å². The van der Waals surface area contributed by atoms with Crippen LogP contribution in [0.1, 0.15) is 8.22 Å². The first-order valence-electron chi connectivity index (χ1n) is 8.28. The maximum Gasteiger partial charge on any atom is 0.156 e. The van der Waals surface area contributed by atoms with E-state index in [2.05, 4.69) is 0 Å². The normalized spacial score (nSPS) is 18.4. The fourth-order valence-corrected chi connectivity index (χ4v) is 0.971. The quantitative estimate of drug-likeness (QED) is 0.736. The number of anilines is 2. The van der Waals surface area contributed by atoms with Crippen LogP contribution in [0.3, 0.4) is 0 Å². The molecule has 14 heavy (non-hydrogen) atoms. The lowest BCUT2D eigenvalue weighted by atomic mass is 10.1. The predicted molar refractivity (Wildman–Crippen MR) is 60.7 cm³/mol. The van der Waals surface area contributed by atoms with Crippen molar-refractivity contribution in [2.45, 2.75) is 0 Å². The summed E-state index contributed by atoms with van der Waals surface area (Å²) in [5.41, 5.74) is 1.43. The van der Waals surface area contributed by atoms with Crippen LogP contribution >= 0.6 is 0 Å². The Morgan fingerprint density at radius 3 is 2.29 bits per heavy atom. The maximum absolute atomic E-state index is 7.99. The smallest absolute Gasteiger partial charge is 0.156 e. The highest BCUT2D eigenvalue weighted by atomic mass is 14.5. The van der Waals surface area contributed by atoms with Crippen LogP contribution in [-0.2, 0) is 0 Å². The van der Waals surface area contributed by atoms with Gasteiger partial charge in [-0.25, -0.2) is 0 Å². The van der Waals surface area contributed by atoms with Crippen LogP contribution in [0.4, 0.5) is 11.4 Å². The van der Waals surface area contributed by atoms with E-state index in [1.54, 1.807) is 0 Å². The molecule has 0 fully saturated rings. The molecule has 70 valence electrons. The molecule has 0 aliphatic heterocycles. The molecule has 0 saturated heterocycles. The molecule has 0 bridgehead atoms. The lowest BCUT2D eigenvalue weighted by Crippen LogP contribution is -1.85. The van der Waals surface area contributed by atoms with Gasteiger partial charge in [-0.15, -0.1) is 0 Å². The van der Waals surface area contributed by atoms with Crippen LogP contribution in [-0.4, -0.2) is 0 Å². The molecule has 2 rings (SSSR count). The van der Waals surface area contributed by atoms with Crippen molar-refractivity contribution in [1.82, 2.24) is 0 Å². The Kier molecular flexibility index (Phi) is 0.738. The highest BCUT2D eigenvalue weighted by molar-refractivity contribution is 5.67. The summed E-state index contributed by atoms with van der Waals surface area (Å²) in [6.07, 6.45) is 0. The van der Waals surface area contributed by atoms with Crippen LogP contribution in [0.25, 0.3) is 11.1 Å². The second kappa shape index (κ2) is 3.42. The Labute approximate surface area is 96.0 Å². The molecule has 2 aromatic rings. The van der Waals surface area contributed by atoms with E-state index in [0.29, 0.717) is 0 Å². The molecule has 0 saturated carbocycles. The number of hydrogen-bond donors (Lipinski definition) is 2. The topological polar surface area (TPSA) is 52.0 Å². The minimum absolute atomic E-state index is 0.00909. The molecule has 0 aliphatic rings. The molecule has 4 N–H and O–H groups in total. The summed E-state index contributed by atoms with van der Waals surface area (Å²) in [7, 11) is 0. The van der Waals surface area contributed by atoms with Gasteiger partial charge in [0.15, 0.2) is 4.24 Å². The van der Waals surface area contributed by atoms with Crippen LogP contribution < -0.4 is 11.4 Å². The van der Waals surface area contributed by atoms with E-state index in [1.807, 2.05) is 5.73 Å². The molecule has 2 nitrogen and oxygen atoms in total. The van der Waals surface area contributed by atoms with Crippen molar-refractivity contribution in [3.05, 3.63) is 48.4 Å². The van der Waals surface area contributed by atoms with Gasteiger partial charge in [0.05, 0.1) is 8.22 Å². The minimum atomic E-state index is -0.570. The van der Waals surface area contributed by atoms with E-state index < -0.39 is 29.9 Å². The van der Waals surface area contributed by atoms with Gasteiger partial charge in [-0.3, -0.25) is 0 Å². The molecule has 0 aromatic heterocycles. The Morgan fingerprint density at radius 2 is 1.57 bits per heavy atom. The third-order valence-electron chi connectivity index (χ3n) is 1.63. The second-order valence-electron chi connectivity index (χ2n) is 2.63. The van der Waals surface area contributed by atoms with Crippen LogP contribution in [0.5, 0.6) is 0 Å². The predicted octanol–water partition coefficient (Wildman–Crippen LogP) is 2.52. The highest BCUT2D eigenvalue weighted by Gasteiger charge is 1.95. The molecule has 0 aliphatic carbocycles. The van der Waals surface area contributed by atoms with E-state index in [4.69, 9.17) is 12.5 Å². The zero-order valence-electron chi connectivity index (χ0n) is 16.1. The SMILES string of the molecule is [2H]Nc1ccc(-c2c([2H])c([2H])c(N([2H])[2H])c([2H])c2[2H])c([2H])c1[2H]. The Bertz CT molecular complexity index is 747. The molecule has 0 heterocycles. The lowest BCUT2D eigenvalue weighted by Gasteiger charge is -2.02. The summed E-state index contributed by atoms with van der Waals surface area (Å²) in [5, 5.41) is 0. The Morgan fingerprint density at radius 1 is 0.857 bits per heavy atom. The van der Waals surface area contributed by atoms with Crippen LogP contribution in [0, 0.1) is 0 Å². The first-order chi connectivity index (χ1) is 10.7. The number of benzene rings is 2. The zero-order valence-corrected chi connectivity index (χ0v) is 7.10. The lowest BCUT2D eigenvalue weighted by molar-refractivity contribution is 1.61. The monoisotopic (exact) mass is 193 g/mol. The molecule has 0 spiro atoms. The van der Waals surface area contributed by atoms with Gasteiger partial charge in [0, 0.05) is 11.4 Å². The molecular formula is C12H12N2. The maximum atomic E-state index is 7.99. The van der Waals surface area contributed by atoms with Crippen molar-refractivity contribution in [3.63, 3.8) is 0 Å². The van der Waals surface area contributed by atoms with Crippen molar-refractivity contribution in [3.8, 4) is 11.1 Å². The Hall–Kier alpha value is -1.96. The standard InChI is InChI=1S/C12H12N2/c13-11-5-1-9(2-6-11)10-3-7-12(14)8-4-10/h1-8H,13-14H2/i1D,2D,3D,5D,6D,7D/hD3. The zero-order chi connectivity index (χ0) is 17.5. The van der Waals surface area contributed by atoms with E-state index in [0.717, 1.165) is 0 Å². The summed E-state index contributed by atoms with van der Waals surface area (Å²) in [5.74, 6) is 0. The van der Waals surface area contributed by atoms with Gasteiger partial charge < -0.3 is 11.4 Å². The average molecular weight is 193 g/mol. The number of hydrogen-bond acceptors (Lipinski definition) is 2. The third kappa shape index (κ3) is 1.69. The fourth-order valence-electron chi connectivity index (χ4n) is 0.971. The minimum Gasteiger partial charge on any atom is -0.399 e. The molecule has 0 atom stereocenters. The summed E-state index contributed by atoms with van der Waals surface area (Å²) in [6.45, 7) is 0. The molecular weight excluding hydrogens is 172 g/mol. The van der Waals surface area contributed by atoms with Gasteiger partial charge in [-0.2, -0.15) is 0 Å². The molecule has 0 amide bonds. The summed E-state index contributed by atoms with van der Waals surface area (Å²) in [6, 6.07) is -0.107. The Balaban J connectivity index is 2.83. The van der Waals surface area contributed by atoms with E-state index >= 15 is 0 Å². The van der Waals surface area contributed by atoms with Gasteiger partial charge in [0.1, 0.15) is 0 Å². The largest absolute Gasteiger partial charge is 0.399 e. The van der Waals surface area contributed by atoms with Crippen LogP contribution in [0.2, 0.25) is 4.24 Å². The van der Waals surface area contributed by atoms with Crippen molar-refractivity contribution >= 4 is 11.4 Å². The molecule has 0 unspecified atom stereocenters. The second-order valence-corrected chi connectivity index (χ2v) is 2.63. The number of nitrogens with two attached hydrogens (primary N) is 2. The van der Waals surface area contributed by atoms with E-state index in [9.17, 15) is 0 Å². The van der Waals surface area contributed by atoms with E-state index in [-0.39, 0.29) is 34.6 Å². The van der Waals surface area contributed by atoms with Gasteiger partial charge in [0.2, 0.25) is 0 Å². The van der Waals surface area contributed by atoms with Gasteiger partial charge in [0.25, 0.3) is 0 Å². The summed E-state index contributed by atoms with van der Waals surface area (Å²) in [4.78, 5) is 0. The van der Waals surface area contributed by atoms with Crippen molar-refractivity contribution in [2.75, 3.05) is 11.4 Å². The summed E-state index contributed by atoms with van der Waals surface area (Å²) >= 11 is 0. The molecule has 2 heteroatoms.